The van der Waals surface area contributed by atoms with Crippen molar-refractivity contribution >= 4 is 28.1 Å². The number of thiazole rings is 1. The predicted molar refractivity (Wildman–Crippen MR) is 102 cm³/mol. The van der Waals surface area contributed by atoms with E-state index < -0.39 is 0 Å². The molecule has 2 aliphatic rings. The number of para-hydroxylation sites is 1. The Balaban J connectivity index is 1.44. The van der Waals surface area contributed by atoms with Crippen molar-refractivity contribution in [3.63, 3.8) is 0 Å². The molecule has 2 unspecified atom stereocenters. The summed E-state index contributed by atoms with van der Waals surface area (Å²) in [6.45, 7) is 1.88. The highest BCUT2D eigenvalue weighted by atomic mass is 32.1. The Morgan fingerprint density at radius 3 is 2.88 bits per heavy atom. The molecule has 0 bridgehead atoms. The monoisotopic (exact) mass is 356 g/mol. The van der Waals surface area contributed by atoms with Gasteiger partial charge >= 0.3 is 0 Å². The molecule has 1 aromatic carbocycles. The highest BCUT2D eigenvalue weighted by Gasteiger charge is 2.31. The van der Waals surface area contributed by atoms with Crippen molar-refractivity contribution in [2.45, 2.75) is 37.6 Å². The van der Waals surface area contributed by atoms with Crippen LogP contribution in [-0.2, 0) is 11.2 Å². The number of likely N-dealkylation sites (N-methyl/N-ethyl adjacent to an activating group) is 1. The first kappa shape index (κ1) is 16.5. The molecule has 0 spiro atoms. The van der Waals surface area contributed by atoms with Crippen LogP contribution in [0, 0.1) is 0 Å². The van der Waals surface area contributed by atoms with Gasteiger partial charge in [-0.25, -0.2) is 4.98 Å². The Morgan fingerprint density at radius 2 is 2.16 bits per heavy atom. The molecule has 1 saturated heterocycles. The summed E-state index contributed by atoms with van der Waals surface area (Å²) in [6.07, 6.45) is 4.16. The standard InChI is InChI=1S/C19H24N4OS/c1-23-11-10-14(23)12-20-18(24)15-8-5-9-16-17(15)22-19(25-16)21-13-6-3-2-4-7-13/h2-4,6-7,14-15H,5,8-12H2,1H3,(H,20,24)(H,21,22). The molecule has 4 rings (SSSR count). The predicted octanol–water partition coefficient (Wildman–Crippen LogP) is 3.13. The zero-order chi connectivity index (χ0) is 17.2. The molecule has 1 fully saturated rings. The van der Waals surface area contributed by atoms with Crippen molar-refractivity contribution in [1.29, 1.82) is 0 Å². The number of amides is 1. The summed E-state index contributed by atoms with van der Waals surface area (Å²) >= 11 is 1.68. The van der Waals surface area contributed by atoms with Crippen LogP contribution in [0.25, 0.3) is 0 Å². The van der Waals surface area contributed by atoms with E-state index in [-0.39, 0.29) is 11.8 Å². The molecular weight excluding hydrogens is 332 g/mol. The number of hydrogen-bond donors (Lipinski definition) is 2. The van der Waals surface area contributed by atoms with Gasteiger partial charge in [0.2, 0.25) is 5.91 Å². The number of nitrogens with one attached hydrogen (secondary N) is 2. The summed E-state index contributed by atoms with van der Waals surface area (Å²) < 4.78 is 0. The van der Waals surface area contributed by atoms with Gasteiger partial charge < -0.3 is 15.5 Å². The van der Waals surface area contributed by atoms with Crippen LogP contribution >= 0.6 is 11.3 Å². The molecule has 2 heterocycles. The number of fused-ring (bicyclic) bond motifs is 1. The Bertz CT molecular complexity index is 745. The number of carbonyl (C=O) groups excluding carboxylic acids is 1. The fourth-order valence-electron chi connectivity index (χ4n) is 3.54. The van der Waals surface area contributed by atoms with E-state index in [0.29, 0.717) is 6.04 Å². The summed E-state index contributed by atoms with van der Waals surface area (Å²) in [5.74, 6) is 0.0366. The normalized spacial score (nSPS) is 22.8. The Kier molecular flexibility index (Phi) is 4.72. The summed E-state index contributed by atoms with van der Waals surface area (Å²) in [6, 6.07) is 10.6. The number of anilines is 2. The molecule has 25 heavy (non-hydrogen) atoms. The van der Waals surface area contributed by atoms with Crippen LogP contribution in [0.15, 0.2) is 30.3 Å². The van der Waals surface area contributed by atoms with Crippen molar-refractivity contribution in [1.82, 2.24) is 15.2 Å². The Hall–Kier alpha value is -1.92. The van der Waals surface area contributed by atoms with Gasteiger partial charge in [0.15, 0.2) is 5.13 Å². The lowest BCUT2D eigenvalue weighted by Crippen LogP contribution is -2.51. The van der Waals surface area contributed by atoms with E-state index in [2.05, 4.69) is 22.6 Å². The highest BCUT2D eigenvalue weighted by molar-refractivity contribution is 7.15. The number of aromatic nitrogens is 1. The summed E-state index contributed by atoms with van der Waals surface area (Å²) in [5, 5.41) is 7.40. The average Bonchev–Trinajstić information content (AvgIpc) is 3.03. The number of likely N-dealkylation sites (tertiary alicyclic amines) is 1. The van der Waals surface area contributed by atoms with Crippen LogP contribution in [0.4, 0.5) is 10.8 Å². The maximum Gasteiger partial charge on any atom is 0.229 e. The van der Waals surface area contributed by atoms with Gasteiger partial charge in [-0.3, -0.25) is 4.79 Å². The minimum absolute atomic E-state index is 0.100. The molecule has 2 atom stereocenters. The minimum Gasteiger partial charge on any atom is -0.354 e. The molecule has 6 heteroatoms. The lowest BCUT2D eigenvalue weighted by Gasteiger charge is -2.38. The molecule has 0 radical (unpaired) electrons. The molecule has 1 aromatic heterocycles. The molecule has 2 N–H and O–H groups in total. The van der Waals surface area contributed by atoms with Gasteiger partial charge in [0.05, 0.1) is 11.6 Å². The van der Waals surface area contributed by atoms with Gasteiger partial charge in [0.1, 0.15) is 0 Å². The molecule has 2 aromatic rings. The van der Waals surface area contributed by atoms with Crippen molar-refractivity contribution in [2.75, 3.05) is 25.5 Å². The van der Waals surface area contributed by atoms with Crippen LogP contribution in [-0.4, -0.2) is 42.0 Å². The summed E-state index contributed by atoms with van der Waals surface area (Å²) in [7, 11) is 2.11. The molecule has 5 nitrogen and oxygen atoms in total. The first-order chi connectivity index (χ1) is 12.2. The van der Waals surface area contributed by atoms with E-state index in [1.807, 2.05) is 30.3 Å². The Labute approximate surface area is 152 Å². The molecule has 1 aliphatic heterocycles. The van der Waals surface area contributed by atoms with Gasteiger partial charge in [-0.2, -0.15) is 0 Å². The quantitative estimate of drug-likeness (QED) is 0.864. The van der Waals surface area contributed by atoms with Crippen molar-refractivity contribution < 1.29 is 4.79 Å². The second-order valence-corrected chi connectivity index (χ2v) is 8.02. The van der Waals surface area contributed by atoms with E-state index in [1.165, 1.54) is 11.3 Å². The van der Waals surface area contributed by atoms with E-state index in [1.54, 1.807) is 11.3 Å². The van der Waals surface area contributed by atoms with Gasteiger partial charge in [0, 0.05) is 23.2 Å². The smallest absolute Gasteiger partial charge is 0.229 e. The van der Waals surface area contributed by atoms with Crippen LogP contribution in [0.3, 0.4) is 0 Å². The maximum absolute atomic E-state index is 12.7. The van der Waals surface area contributed by atoms with Crippen molar-refractivity contribution in [3.05, 3.63) is 40.9 Å². The molecule has 132 valence electrons. The lowest BCUT2D eigenvalue weighted by atomic mass is 9.90. The topological polar surface area (TPSA) is 57.3 Å². The van der Waals surface area contributed by atoms with Gasteiger partial charge in [0.25, 0.3) is 0 Å². The number of nitrogens with zero attached hydrogens (tertiary/aromatic N) is 2. The molecule has 1 amide bonds. The first-order valence-corrected chi connectivity index (χ1v) is 9.82. The van der Waals surface area contributed by atoms with Crippen LogP contribution in [0.1, 0.15) is 35.8 Å². The van der Waals surface area contributed by atoms with Crippen molar-refractivity contribution in [2.24, 2.45) is 0 Å². The fraction of sp³-hybridized carbons (Fsp3) is 0.474. The average molecular weight is 356 g/mol. The summed E-state index contributed by atoms with van der Waals surface area (Å²) in [4.78, 5) is 21.0. The zero-order valence-corrected chi connectivity index (χ0v) is 15.3. The zero-order valence-electron chi connectivity index (χ0n) is 14.5. The third-order valence-corrected chi connectivity index (χ3v) is 6.29. The third-order valence-electron chi connectivity index (χ3n) is 5.25. The van der Waals surface area contributed by atoms with Crippen LogP contribution < -0.4 is 10.6 Å². The number of benzene rings is 1. The third kappa shape index (κ3) is 3.55. The molecule has 0 saturated carbocycles. The number of hydrogen-bond acceptors (Lipinski definition) is 5. The van der Waals surface area contributed by atoms with E-state index in [0.717, 1.165) is 48.9 Å². The number of aryl methyl sites for hydroxylation is 1. The summed E-state index contributed by atoms with van der Waals surface area (Å²) in [5.41, 5.74) is 2.01. The minimum atomic E-state index is -0.100. The molecular formula is C19H24N4OS. The van der Waals surface area contributed by atoms with Gasteiger partial charge in [-0.15, -0.1) is 11.3 Å². The van der Waals surface area contributed by atoms with Crippen LogP contribution in [0.2, 0.25) is 0 Å². The maximum atomic E-state index is 12.7. The largest absolute Gasteiger partial charge is 0.354 e. The first-order valence-electron chi connectivity index (χ1n) is 9.00. The van der Waals surface area contributed by atoms with E-state index in [9.17, 15) is 4.79 Å². The van der Waals surface area contributed by atoms with Gasteiger partial charge in [-0.1, -0.05) is 18.2 Å². The number of rotatable bonds is 5. The van der Waals surface area contributed by atoms with Crippen molar-refractivity contribution in [3.8, 4) is 0 Å². The van der Waals surface area contributed by atoms with E-state index in [4.69, 9.17) is 4.98 Å². The molecule has 1 aliphatic carbocycles. The highest BCUT2D eigenvalue weighted by Crippen LogP contribution is 2.37. The van der Waals surface area contributed by atoms with Crippen LogP contribution in [0.5, 0.6) is 0 Å². The Morgan fingerprint density at radius 1 is 1.32 bits per heavy atom. The van der Waals surface area contributed by atoms with Gasteiger partial charge in [-0.05, 0) is 51.4 Å². The second kappa shape index (κ2) is 7.14. The number of carbonyl (C=O) groups is 1. The second-order valence-electron chi connectivity index (χ2n) is 6.93. The lowest BCUT2D eigenvalue weighted by molar-refractivity contribution is -0.123. The van der Waals surface area contributed by atoms with E-state index >= 15 is 0 Å². The fourth-order valence-corrected chi connectivity index (χ4v) is 4.63. The SMILES string of the molecule is CN1CCC1CNC(=O)C1CCCc2sc(Nc3ccccc3)nc21.